The molecule has 0 radical (unpaired) electrons. The Morgan fingerprint density at radius 2 is 1.93 bits per heavy atom. The zero-order valence-electron chi connectivity index (χ0n) is 17.0. The largest absolute Gasteiger partial charge is 0.350 e. The minimum absolute atomic E-state index is 0.00235. The second kappa shape index (κ2) is 8.67. The fourth-order valence-electron chi connectivity index (χ4n) is 3.51. The lowest BCUT2D eigenvalue weighted by molar-refractivity contribution is 0.0940. The van der Waals surface area contributed by atoms with Gasteiger partial charge in [0.25, 0.3) is 5.91 Å². The van der Waals surface area contributed by atoms with Crippen molar-refractivity contribution in [2.24, 2.45) is 7.05 Å². The second-order valence-electron chi connectivity index (χ2n) is 7.48. The molecule has 0 aliphatic heterocycles. The summed E-state index contributed by atoms with van der Waals surface area (Å²) < 4.78 is 1.72. The van der Waals surface area contributed by atoms with Gasteiger partial charge in [-0.15, -0.1) is 0 Å². The van der Waals surface area contributed by atoms with Gasteiger partial charge in [0.05, 0.1) is 23.0 Å². The Bertz CT molecular complexity index is 1200. The third-order valence-electron chi connectivity index (χ3n) is 5.14. The van der Waals surface area contributed by atoms with Crippen LogP contribution in [0.5, 0.6) is 0 Å². The summed E-state index contributed by atoms with van der Waals surface area (Å²) in [5.74, 6) is -0.106. The first-order valence-corrected chi connectivity index (χ1v) is 10.3. The number of aryl methyl sites for hydroxylation is 2. The van der Waals surface area contributed by atoms with Crippen LogP contribution in [0, 0.1) is 0 Å². The van der Waals surface area contributed by atoms with Crippen LogP contribution in [0.25, 0.3) is 22.2 Å². The summed E-state index contributed by atoms with van der Waals surface area (Å²) in [6, 6.07) is 17.4. The van der Waals surface area contributed by atoms with Crippen LogP contribution in [0.3, 0.4) is 0 Å². The highest BCUT2D eigenvalue weighted by molar-refractivity contribution is 6.31. The van der Waals surface area contributed by atoms with Crippen LogP contribution in [0.15, 0.2) is 67.0 Å². The highest BCUT2D eigenvalue weighted by atomic mass is 35.5. The lowest BCUT2D eigenvalue weighted by Crippen LogP contribution is -2.33. The van der Waals surface area contributed by atoms with E-state index in [-0.39, 0.29) is 11.9 Å². The van der Waals surface area contributed by atoms with Gasteiger partial charge in [0.2, 0.25) is 0 Å². The Kier molecular flexibility index (Phi) is 5.81. The van der Waals surface area contributed by atoms with Crippen LogP contribution in [0.2, 0.25) is 5.02 Å². The topological polar surface area (TPSA) is 59.8 Å². The van der Waals surface area contributed by atoms with Crippen LogP contribution in [-0.4, -0.2) is 26.7 Å². The summed E-state index contributed by atoms with van der Waals surface area (Å²) in [5, 5.41) is 8.95. The molecule has 4 rings (SSSR count). The van der Waals surface area contributed by atoms with E-state index in [0.717, 1.165) is 45.6 Å². The normalized spacial score (nSPS) is 12.1. The number of rotatable bonds is 6. The number of nitrogens with one attached hydrogen (secondary N) is 1. The molecule has 2 aromatic carbocycles. The Morgan fingerprint density at radius 1 is 1.17 bits per heavy atom. The lowest BCUT2D eigenvalue weighted by Gasteiger charge is -2.16. The Hall–Kier alpha value is -3.18. The van der Waals surface area contributed by atoms with Crippen molar-refractivity contribution >= 4 is 28.4 Å². The van der Waals surface area contributed by atoms with E-state index < -0.39 is 0 Å². The number of aromatic nitrogens is 3. The van der Waals surface area contributed by atoms with Gasteiger partial charge < -0.3 is 5.32 Å². The lowest BCUT2D eigenvalue weighted by atomic mass is 10.0. The number of pyridine rings is 1. The number of carbonyl (C=O) groups is 1. The molecule has 0 aliphatic carbocycles. The van der Waals surface area contributed by atoms with Gasteiger partial charge in [-0.3, -0.25) is 9.48 Å². The SMILES string of the molecule is C[C@H](CCc1ccccc1Cl)NC(=O)c1cc(-c2cnn(C)c2)nc2ccccc12. The number of halogens is 1. The third-order valence-corrected chi connectivity index (χ3v) is 5.51. The van der Waals surface area contributed by atoms with Crippen LogP contribution >= 0.6 is 11.6 Å². The number of para-hydroxylation sites is 1. The van der Waals surface area contributed by atoms with Crippen molar-refractivity contribution in [1.82, 2.24) is 20.1 Å². The maximum Gasteiger partial charge on any atom is 0.252 e. The molecule has 0 aliphatic rings. The molecule has 2 heterocycles. The van der Waals surface area contributed by atoms with E-state index in [0.29, 0.717) is 5.56 Å². The minimum Gasteiger partial charge on any atom is -0.350 e. The summed E-state index contributed by atoms with van der Waals surface area (Å²) in [4.78, 5) is 17.9. The van der Waals surface area contributed by atoms with E-state index in [4.69, 9.17) is 16.6 Å². The first-order valence-electron chi connectivity index (χ1n) is 9.94. The molecule has 152 valence electrons. The standard InChI is InChI=1S/C24H23ClN4O/c1-16(11-12-17-7-3-5-9-21(17)25)27-24(30)20-13-23(18-14-26-29(2)15-18)28-22-10-6-4-8-19(20)22/h3-10,13-16H,11-12H2,1-2H3,(H,27,30)/t16-/m1/s1. The van der Waals surface area contributed by atoms with Crippen molar-refractivity contribution in [2.45, 2.75) is 25.8 Å². The molecule has 0 saturated heterocycles. The molecule has 1 N–H and O–H groups in total. The number of benzene rings is 2. The molecule has 4 aromatic rings. The van der Waals surface area contributed by atoms with Crippen LogP contribution in [-0.2, 0) is 13.5 Å². The molecule has 2 aromatic heterocycles. The van der Waals surface area contributed by atoms with Crippen molar-refractivity contribution in [3.63, 3.8) is 0 Å². The molecule has 1 amide bonds. The summed E-state index contributed by atoms with van der Waals surface area (Å²) in [7, 11) is 1.86. The molecule has 30 heavy (non-hydrogen) atoms. The summed E-state index contributed by atoms with van der Waals surface area (Å²) >= 11 is 6.25. The van der Waals surface area contributed by atoms with Crippen LogP contribution in [0.4, 0.5) is 0 Å². The first kappa shape index (κ1) is 20.1. The van der Waals surface area contributed by atoms with Crippen LogP contribution in [0.1, 0.15) is 29.3 Å². The molecule has 0 saturated carbocycles. The molecular formula is C24H23ClN4O. The zero-order chi connectivity index (χ0) is 21.1. The van der Waals surface area contributed by atoms with Crippen molar-refractivity contribution < 1.29 is 4.79 Å². The highest BCUT2D eigenvalue weighted by Crippen LogP contribution is 2.25. The average Bonchev–Trinajstić information content (AvgIpc) is 3.18. The zero-order valence-corrected chi connectivity index (χ0v) is 17.7. The van der Waals surface area contributed by atoms with E-state index in [9.17, 15) is 4.79 Å². The number of hydrogen-bond acceptors (Lipinski definition) is 3. The molecular weight excluding hydrogens is 396 g/mol. The van der Waals surface area contributed by atoms with Crippen molar-refractivity contribution in [1.29, 1.82) is 0 Å². The molecule has 0 spiro atoms. The summed E-state index contributed by atoms with van der Waals surface area (Å²) in [6.45, 7) is 2.01. The van der Waals surface area contributed by atoms with Gasteiger partial charge in [0.15, 0.2) is 0 Å². The van der Waals surface area contributed by atoms with Gasteiger partial charge in [0.1, 0.15) is 0 Å². The number of nitrogens with zero attached hydrogens (tertiary/aromatic N) is 3. The fourth-order valence-corrected chi connectivity index (χ4v) is 3.74. The van der Waals surface area contributed by atoms with Crippen LogP contribution < -0.4 is 5.32 Å². The quantitative estimate of drug-likeness (QED) is 0.477. The first-order chi connectivity index (χ1) is 14.5. The maximum atomic E-state index is 13.2. The smallest absolute Gasteiger partial charge is 0.252 e. The van der Waals surface area contributed by atoms with E-state index in [2.05, 4.69) is 10.4 Å². The number of carbonyl (C=O) groups excluding carboxylic acids is 1. The van der Waals surface area contributed by atoms with E-state index in [1.54, 1.807) is 10.9 Å². The maximum absolute atomic E-state index is 13.2. The van der Waals surface area contributed by atoms with Crippen molar-refractivity contribution in [3.05, 3.63) is 83.1 Å². The summed E-state index contributed by atoms with van der Waals surface area (Å²) in [5.41, 5.74) is 4.10. The monoisotopic (exact) mass is 418 g/mol. The van der Waals surface area contributed by atoms with Gasteiger partial charge in [-0.05, 0) is 43.5 Å². The molecule has 5 nitrogen and oxygen atoms in total. The van der Waals surface area contributed by atoms with Gasteiger partial charge in [0, 0.05) is 35.3 Å². The fraction of sp³-hybridized carbons (Fsp3) is 0.208. The van der Waals surface area contributed by atoms with E-state index in [1.165, 1.54) is 0 Å². The second-order valence-corrected chi connectivity index (χ2v) is 7.89. The van der Waals surface area contributed by atoms with E-state index >= 15 is 0 Å². The Morgan fingerprint density at radius 3 is 2.70 bits per heavy atom. The number of hydrogen-bond donors (Lipinski definition) is 1. The Balaban J connectivity index is 1.57. The number of amides is 1. The molecule has 1 atom stereocenters. The minimum atomic E-state index is -0.106. The summed E-state index contributed by atoms with van der Waals surface area (Å²) in [6.07, 6.45) is 5.25. The number of fused-ring (bicyclic) bond motifs is 1. The predicted molar refractivity (Wildman–Crippen MR) is 121 cm³/mol. The molecule has 0 unspecified atom stereocenters. The third kappa shape index (κ3) is 4.36. The van der Waals surface area contributed by atoms with Gasteiger partial charge in [-0.2, -0.15) is 5.10 Å². The van der Waals surface area contributed by atoms with Gasteiger partial charge >= 0.3 is 0 Å². The van der Waals surface area contributed by atoms with Crippen molar-refractivity contribution in [2.75, 3.05) is 0 Å². The predicted octanol–water partition coefficient (Wildman–Crippen LogP) is 5.04. The molecule has 0 fully saturated rings. The van der Waals surface area contributed by atoms with Gasteiger partial charge in [-0.25, -0.2) is 4.98 Å². The molecule has 0 bridgehead atoms. The van der Waals surface area contributed by atoms with E-state index in [1.807, 2.05) is 74.8 Å². The molecule has 6 heteroatoms. The average molecular weight is 419 g/mol. The Labute approximate surface area is 180 Å². The van der Waals surface area contributed by atoms with Gasteiger partial charge in [-0.1, -0.05) is 48.0 Å². The van der Waals surface area contributed by atoms with Crippen molar-refractivity contribution in [3.8, 4) is 11.3 Å². The highest BCUT2D eigenvalue weighted by Gasteiger charge is 2.16.